The zero-order valence-corrected chi connectivity index (χ0v) is 9.57. The van der Waals surface area contributed by atoms with Gasteiger partial charge in [0.15, 0.2) is 0 Å². The van der Waals surface area contributed by atoms with Crippen LogP contribution in [0.25, 0.3) is 0 Å². The van der Waals surface area contributed by atoms with Crippen LogP contribution in [0.1, 0.15) is 24.9 Å². The molecule has 1 heterocycles. The molecular weight excluding hydrogens is 217 g/mol. The van der Waals surface area contributed by atoms with E-state index in [1.807, 2.05) is 18.2 Å². The van der Waals surface area contributed by atoms with Gasteiger partial charge in [-0.15, -0.1) is 0 Å². The summed E-state index contributed by atoms with van der Waals surface area (Å²) < 4.78 is 0. The van der Waals surface area contributed by atoms with E-state index >= 15 is 0 Å². The molecule has 0 spiro atoms. The van der Waals surface area contributed by atoms with Gasteiger partial charge in [-0.1, -0.05) is 36.2 Å². The normalized spacial score (nSPS) is 26.8. The summed E-state index contributed by atoms with van der Waals surface area (Å²) in [5.41, 5.74) is 1.06. The van der Waals surface area contributed by atoms with Gasteiger partial charge in [-0.2, -0.15) is 0 Å². The standard InChI is InChI=1S/C11H13Cl2N/c1-7-5-10(14-6-7)11-8(12)3-2-4-9(11)13/h2-4,7,10,14H,5-6H2,1H3/t7-,10+/m1/s1. The molecule has 76 valence electrons. The van der Waals surface area contributed by atoms with Gasteiger partial charge in [0.05, 0.1) is 0 Å². The van der Waals surface area contributed by atoms with Gasteiger partial charge in [0.25, 0.3) is 0 Å². The summed E-state index contributed by atoms with van der Waals surface area (Å²) in [5.74, 6) is 0.701. The highest BCUT2D eigenvalue weighted by molar-refractivity contribution is 6.36. The molecule has 1 aromatic rings. The van der Waals surface area contributed by atoms with E-state index in [1.54, 1.807) is 0 Å². The summed E-state index contributed by atoms with van der Waals surface area (Å²) in [4.78, 5) is 0. The zero-order valence-electron chi connectivity index (χ0n) is 8.06. The van der Waals surface area contributed by atoms with E-state index in [1.165, 1.54) is 0 Å². The SMILES string of the molecule is C[C@H]1CN[C@H](c2c(Cl)cccc2Cl)C1. The van der Waals surface area contributed by atoms with Crippen LogP contribution in [0.5, 0.6) is 0 Å². The van der Waals surface area contributed by atoms with Gasteiger partial charge >= 0.3 is 0 Å². The van der Waals surface area contributed by atoms with Crippen LogP contribution in [-0.4, -0.2) is 6.54 Å². The van der Waals surface area contributed by atoms with Gasteiger partial charge in [-0.05, 0) is 31.0 Å². The molecule has 1 aliphatic rings. The molecular formula is C11H13Cl2N. The molecule has 1 fully saturated rings. The summed E-state index contributed by atoms with van der Waals surface area (Å²) in [5, 5.41) is 4.97. The van der Waals surface area contributed by atoms with Gasteiger partial charge in [0, 0.05) is 21.7 Å². The Morgan fingerprint density at radius 2 is 1.93 bits per heavy atom. The van der Waals surface area contributed by atoms with Crippen LogP contribution < -0.4 is 5.32 Å². The van der Waals surface area contributed by atoms with Gasteiger partial charge in [0.2, 0.25) is 0 Å². The fraction of sp³-hybridized carbons (Fsp3) is 0.455. The summed E-state index contributed by atoms with van der Waals surface area (Å²) >= 11 is 12.3. The van der Waals surface area contributed by atoms with Crippen LogP contribution in [-0.2, 0) is 0 Å². The van der Waals surface area contributed by atoms with E-state index in [2.05, 4.69) is 12.2 Å². The molecule has 2 rings (SSSR count). The highest BCUT2D eigenvalue weighted by Crippen LogP contribution is 2.35. The Balaban J connectivity index is 2.31. The molecule has 0 bridgehead atoms. The summed E-state index contributed by atoms with van der Waals surface area (Å²) in [6, 6.07) is 6.00. The lowest BCUT2D eigenvalue weighted by Crippen LogP contribution is -2.14. The molecule has 0 saturated carbocycles. The minimum Gasteiger partial charge on any atom is -0.310 e. The number of hydrogen-bond acceptors (Lipinski definition) is 1. The molecule has 0 aliphatic carbocycles. The van der Waals surface area contributed by atoms with Crippen molar-refractivity contribution >= 4 is 23.2 Å². The first-order valence-corrected chi connectivity index (χ1v) is 5.61. The molecule has 1 aromatic carbocycles. The number of nitrogens with one attached hydrogen (secondary N) is 1. The molecule has 1 aliphatic heterocycles. The maximum absolute atomic E-state index is 6.13. The average molecular weight is 230 g/mol. The number of hydrogen-bond donors (Lipinski definition) is 1. The lowest BCUT2D eigenvalue weighted by Gasteiger charge is -2.14. The summed E-state index contributed by atoms with van der Waals surface area (Å²) in [6.07, 6.45) is 1.11. The third kappa shape index (κ3) is 1.90. The first-order chi connectivity index (χ1) is 6.68. The van der Waals surface area contributed by atoms with Gasteiger partial charge in [0.1, 0.15) is 0 Å². The Labute approximate surface area is 94.4 Å². The van der Waals surface area contributed by atoms with Crippen molar-refractivity contribution in [1.82, 2.24) is 5.32 Å². The second kappa shape index (κ2) is 4.09. The third-order valence-electron chi connectivity index (χ3n) is 2.70. The minimum atomic E-state index is 0.325. The molecule has 0 amide bonds. The van der Waals surface area contributed by atoms with Crippen LogP contribution in [0.15, 0.2) is 18.2 Å². The van der Waals surface area contributed by atoms with Crippen molar-refractivity contribution < 1.29 is 0 Å². The number of benzene rings is 1. The predicted octanol–water partition coefficient (Wildman–Crippen LogP) is 3.66. The Kier molecular flexibility index (Phi) is 3.01. The van der Waals surface area contributed by atoms with Crippen molar-refractivity contribution in [3.63, 3.8) is 0 Å². The lowest BCUT2D eigenvalue weighted by molar-refractivity contribution is 0.612. The summed E-state index contributed by atoms with van der Waals surface area (Å²) in [6.45, 7) is 3.28. The quantitative estimate of drug-likeness (QED) is 0.776. The lowest BCUT2D eigenvalue weighted by atomic mass is 10.0. The molecule has 14 heavy (non-hydrogen) atoms. The van der Waals surface area contributed by atoms with Crippen LogP contribution in [0, 0.1) is 5.92 Å². The molecule has 0 radical (unpaired) electrons. The van der Waals surface area contributed by atoms with E-state index in [-0.39, 0.29) is 0 Å². The van der Waals surface area contributed by atoms with Crippen molar-refractivity contribution in [3.8, 4) is 0 Å². The molecule has 1 nitrogen and oxygen atoms in total. The monoisotopic (exact) mass is 229 g/mol. The average Bonchev–Trinajstić information content (AvgIpc) is 2.51. The Hall–Kier alpha value is -0.240. The fourth-order valence-electron chi connectivity index (χ4n) is 1.98. The van der Waals surface area contributed by atoms with Crippen molar-refractivity contribution in [2.45, 2.75) is 19.4 Å². The largest absolute Gasteiger partial charge is 0.310 e. The van der Waals surface area contributed by atoms with E-state index in [9.17, 15) is 0 Å². The van der Waals surface area contributed by atoms with E-state index in [4.69, 9.17) is 23.2 Å². The topological polar surface area (TPSA) is 12.0 Å². The van der Waals surface area contributed by atoms with Crippen molar-refractivity contribution in [1.29, 1.82) is 0 Å². The minimum absolute atomic E-state index is 0.325. The van der Waals surface area contributed by atoms with E-state index < -0.39 is 0 Å². The van der Waals surface area contributed by atoms with Crippen molar-refractivity contribution in [2.75, 3.05) is 6.54 Å². The van der Waals surface area contributed by atoms with Crippen LogP contribution in [0.3, 0.4) is 0 Å². The maximum atomic E-state index is 6.13. The third-order valence-corrected chi connectivity index (χ3v) is 3.36. The van der Waals surface area contributed by atoms with Crippen LogP contribution >= 0.6 is 23.2 Å². The first-order valence-electron chi connectivity index (χ1n) is 4.85. The highest BCUT2D eigenvalue weighted by atomic mass is 35.5. The van der Waals surface area contributed by atoms with Crippen molar-refractivity contribution in [3.05, 3.63) is 33.8 Å². The molecule has 2 atom stereocenters. The van der Waals surface area contributed by atoms with Crippen LogP contribution in [0.4, 0.5) is 0 Å². The Morgan fingerprint density at radius 3 is 2.43 bits per heavy atom. The maximum Gasteiger partial charge on any atom is 0.0468 e. The van der Waals surface area contributed by atoms with Gasteiger partial charge in [-0.3, -0.25) is 0 Å². The van der Waals surface area contributed by atoms with E-state index in [0.717, 1.165) is 28.6 Å². The highest BCUT2D eigenvalue weighted by Gasteiger charge is 2.25. The molecule has 0 unspecified atom stereocenters. The molecule has 0 aromatic heterocycles. The van der Waals surface area contributed by atoms with Crippen LogP contribution in [0.2, 0.25) is 10.0 Å². The number of halogens is 2. The van der Waals surface area contributed by atoms with Gasteiger partial charge < -0.3 is 5.32 Å². The smallest absolute Gasteiger partial charge is 0.0468 e. The Bertz CT molecular complexity index is 318. The second-order valence-corrected chi connectivity index (χ2v) is 4.75. The second-order valence-electron chi connectivity index (χ2n) is 3.94. The summed E-state index contributed by atoms with van der Waals surface area (Å²) in [7, 11) is 0. The number of rotatable bonds is 1. The molecule has 3 heteroatoms. The fourth-order valence-corrected chi connectivity index (χ4v) is 2.64. The first kappa shape index (κ1) is 10.3. The van der Waals surface area contributed by atoms with Crippen molar-refractivity contribution in [2.24, 2.45) is 5.92 Å². The van der Waals surface area contributed by atoms with Gasteiger partial charge in [-0.25, -0.2) is 0 Å². The predicted molar refractivity (Wildman–Crippen MR) is 61.0 cm³/mol. The zero-order chi connectivity index (χ0) is 10.1. The molecule has 1 saturated heterocycles. The van der Waals surface area contributed by atoms with E-state index in [0.29, 0.717) is 12.0 Å². The molecule has 1 N–H and O–H groups in total. The Morgan fingerprint density at radius 1 is 1.29 bits per heavy atom.